The second kappa shape index (κ2) is 12.1. The largest absolute Gasteiger partial charge is 0.449 e. The zero-order chi connectivity index (χ0) is 28.2. The lowest BCUT2D eigenvalue weighted by molar-refractivity contribution is 0.0725. The molecule has 0 heterocycles. The maximum absolute atomic E-state index is 12.6. The molecule has 4 rings (SSSR count). The second-order valence-electron chi connectivity index (χ2n) is 9.96. The standard InChI is InChI=1S/C30H28Br2O5Si2/c1-38(2,27-17-5-21(6-18-27)29(33)35-25-13-9-23(31)10-14-25)37-39(3,4)28-19-7-22(8-20-28)30(34)36-26-15-11-24(32)12-16-26/h5-20H,1-4H3. The Labute approximate surface area is 247 Å². The first-order valence-electron chi connectivity index (χ1n) is 12.3. The fraction of sp³-hybridized carbons (Fsp3) is 0.133. The van der Waals surface area contributed by atoms with Crippen LogP contribution in [0.25, 0.3) is 0 Å². The number of hydrogen-bond acceptors (Lipinski definition) is 5. The van der Waals surface area contributed by atoms with Crippen LogP contribution in [0.1, 0.15) is 20.7 Å². The fourth-order valence-electron chi connectivity index (χ4n) is 4.11. The summed E-state index contributed by atoms with van der Waals surface area (Å²) in [7, 11) is -4.64. The Morgan fingerprint density at radius 1 is 0.513 bits per heavy atom. The summed E-state index contributed by atoms with van der Waals surface area (Å²) in [5.41, 5.74) is 0.960. The van der Waals surface area contributed by atoms with Gasteiger partial charge in [0.05, 0.1) is 11.1 Å². The lowest BCUT2D eigenvalue weighted by Crippen LogP contribution is -2.57. The number of hydrogen-bond donors (Lipinski definition) is 0. The molecule has 0 saturated heterocycles. The molecule has 0 aliphatic carbocycles. The SMILES string of the molecule is C[Si](C)(O[Si](C)(C)c1ccc(C(=O)Oc2ccc(Br)cc2)cc1)c1ccc(C(=O)Oc2ccc(Br)cc2)cc1. The zero-order valence-corrected chi connectivity index (χ0v) is 27.2. The van der Waals surface area contributed by atoms with Crippen LogP contribution in [0, 0.1) is 0 Å². The minimum absolute atomic E-state index is 0.405. The van der Waals surface area contributed by atoms with Gasteiger partial charge in [-0.15, -0.1) is 0 Å². The molecule has 0 unspecified atom stereocenters. The Morgan fingerprint density at radius 3 is 1.13 bits per heavy atom. The summed E-state index contributed by atoms with van der Waals surface area (Å²) >= 11 is 6.75. The average molecular weight is 685 g/mol. The van der Waals surface area contributed by atoms with E-state index in [4.69, 9.17) is 13.6 Å². The van der Waals surface area contributed by atoms with Gasteiger partial charge in [0.25, 0.3) is 0 Å². The molecule has 0 aliphatic heterocycles. The molecule has 0 aromatic heterocycles. The Hall–Kier alpha value is -2.83. The first-order chi connectivity index (χ1) is 18.4. The third-order valence-electron chi connectivity index (χ3n) is 6.19. The van der Waals surface area contributed by atoms with Crippen molar-refractivity contribution in [3.8, 4) is 11.5 Å². The van der Waals surface area contributed by atoms with Crippen LogP contribution in [0.15, 0.2) is 106 Å². The van der Waals surface area contributed by atoms with E-state index in [9.17, 15) is 9.59 Å². The van der Waals surface area contributed by atoms with Gasteiger partial charge in [-0.3, -0.25) is 0 Å². The highest BCUT2D eigenvalue weighted by molar-refractivity contribution is 9.10. The van der Waals surface area contributed by atoms with Crippen molar-refractivity contribution in [1.29, 1.82) is 0 Å². The van der Waals surface area contributed by atoms with Gasteiger partial charge in [0, 0.05) is 8.95 Å². The molecular formula is C30H28Br2O5Si2. The molecule has 0 amide bonds. The first kappa shape index (κ1) is 29.2. The van der Waals surface area contributed by atoms with E-state index in [-0.39, 0.29) is 0 Å². The summed E-state index contributed by atoms with van der Waals surface area (Å²) in [4.78, 5) is 25.2. The molecule has 0 bridgehead atoms. The second-order valence-corrected chi connectivity index (χ2v) is 19.8. The van der Waals surface area contributed by atoms with E-state index in [1.165, 1.54) is 0 Å². The van der Waals surface area contributed by atoms with E-state index in [2.05, 4.69) is 58.0 Å². The molecule has 5 nitrogen and oxygen atoms in total. The smallest absolute Gasteiger partial charge is 0.343 e. The van der Waals surface area contributed by atoms with Crippen molar-refractivity contribution in [3.05, 3.63) is 117 Å². The number of benzene rings is 4. The third kappa shape index (κ3) is 7.64. The number of esters is 2. The van der Waals surface area contributed by atoms with Crippen LogP contribution in [-0.2, 0) is 4.12 Å². The van der Waals surface area contributed by atoms with Crippen molar-refractivity contribution in [2.45, 2.75) is 26.2 Å². The van der Waals surface area contributed by atoms with Crippen LogP contribution in [0.3, 0.4) is 0 Å². The van der Waals surface area contributed by atoms with Crippen molar-refractivity contribution in [3.63, 3.8) is 0 Å². The summed E-state index contributed by atoms with van der Waals surface area (Å²) in [6.07, 6.45) is 0. The maximum Gasteiger partial charge on any atom is 0.343 e. The van der Waals surface area contributed by atoms with Gasteiger partial charge in [-0.05, 0) is 109 Å². The Morgan fingerprint density at radius 2 is 0.821 bits per heavy atom. The Bertz CT molecular complexity index is 1340. The van der Waals surface area contributed by atoms with Crippen LogP contribution < -0.4 is 19.8 Å². The number of rotatable bonds is 8. The molecule has 39 heavy (non-hydrogen) atoms. The molecule has 4 aromatic rings. The minimum atomic E-state index is -2.32. The minimum Gasteiger partial charge on any atom is -0.449 e. The van der Waals surface area contributed by atoms with E-state index in [0.29, 0.717) is 22.6 Å². The molecule has 9 heteroatoms. The first-order valence-corrected chi connectivity index (χ1v) is 19.7. The van der Waals surface area contributed by atoms with Gasteiger partial charge in [-0.25, -0.2) is 9.59 Å². The van der Waals surface area contributed by atoms with Crippen LogP contribution in [-0.4, -0.2) is 28.6 Å². The average Bonchev–Trinajstić information content (AvgIpc) is 2.91. The van der Waals surface area contributed by atoms with Gasteiger partial charge in [0.15, 0.2) is 0 Å². The normalized spacial score (nSPS) is 11.6. The van der Waals surface area contributed by atoms with Gasteiger partial charge in [-0.2, -0.15) is 0 Å². The van der Waals surface area contributed by atoms with Crippen molar-refractivity contribution in [1.82, 2.24) is 0 Å². The van der Waals surface area contributed by atoms with Gasteiger partial charge in [0.2, 0.25) is 16.6 Å². The monoisotopic (exact) mass is 682 g/mol. The quantitative estimate of drug-likeness (QED) is 0.112. The highest BCUT2D eigenvalue weighted by Gasteiger charge is 2.36. The lowest BCUT2D eigenvalue weighted by Gasteiger charge is -2.34. The van der Waals surface area contributed by atoms with Crippen LogP contribution in [0.5, 0.6) is 11.5 Å². The number of carbonyl (C=O) groups excluding carboxylic acids is 2. The summed E-state index contributed by atoms with van der Waals surface area (Å²) in [5, 5.41) is 2.16. The highest BCUT2D eigenvalue weighted by Crippen LogP contribution is 2.20. The molecule has 0 aliphatic rings. The molecule has 4 aromatic carbocycles. The fourth-order valence-corrected chi connectivity index (χ4v) is 12.6. The molecule has 0 saturated carbocycles. The topological polar surface area (TPSA) is 61.8 Å². The Balaban J connectivity index is 1.41. The summed E-state index contributed by atoms with van der Waals surface area (Å²) < 4.78 is 19.6. The molecule has 0 atom stereocenters. The van der Waals surface area contributed by atoms with E-state index in [1.807, 2.05) is 48.5 Å². The maximum atomic E-state index is 12.6. The molecule has 0 fully saturated rings. The molecule has 0 N–H and O–H groups in total. The predicted octanol–water partition coefficient (Wildman–Crippen LogP) is 7.19. The highest BCUT2D eigenvalue weighted by atomic mass is 79.9. The van der Waals surface area contributed by atoms with Gasteiger partial charge >= 0.3 is 11.9 Å². The van der Waals surface area contributed by atoms with E-state index in [0.717, 1.165) is 19.3 Å². The number of halogens is 2. The molecule has 200 valence electrons. The summed E-state index contributed by atoms with van der Waals surface area (Å²) in [6, 6.07) is 29.2. The summed E-state index contributed by atoms with van der Waals surface area (Å²) in [6.45, 7) is 8.61. The van der Waals surface area contributed by atoms with Gasteiger partial charge in [0.1, 0.15) is 11.5 Å². The van der Waals surface area contributed by atoms with Crippen LogP contribution in [0.4, 0.5) is 0 Å². The predicted molar refractivity (Wildman–Crippen MR) is 166 cm³/mol. The lowest BCUT2D eigenvalue weighted by atomic mass is 10.2. The summed E-state index contributed by atoms with van der Waals surface area (Å²) in [5.74, 6) is 0.173. The molecular weight excluding hydrogens is 656 g/mol. The van der Waals surface area contributed by atoms with Crippen molar-refractivity contribution in [2.75, 3.05) is 0 Å². The van der Waals surface area contributed by atoms with Crippen LogP contribution in [0.2, 0.25) is 26.2 Å². The van der Waals surface area contributed by atoms with Gasteiger partial charge in [-0.1, -0.05) is 56.1 Å². The molecule has 0 spiro atoms. The number of ether oxygens (including phenoxy) is 2. The van der Waals surface area contributed by atoms with Crippen molar-refractivity contribution in [2.24, 2.45) is 0 Å². The van der Waals surface area contributed by atoms with E-state index >= 15 is 0 Å². The Kier molecular flexibility index (Phi) is 9.08. The molecule has 0 radical (unpaired) electrons. The van der Waals surface area contributed by atoms with E-state index < -0.39 is 28.6 Å². The number of carbonyl (C=O) groups is 2. The third-order valence-corrected chi connectivity index (χ3v) is 14.8. The van der Waals surface area contributed by atoms with Crippen molar-refractivity contribution >= 4 is 70.8 Å². The van der Waals surface area contributed by atoms with Crippen molar-refractivity contribution < 1.29 is 23.2 Å². The van der Waals surface area contributed by atoms with E-state index in [1.54, 1.807) is 48.5 Å². The zero-order valence-electron chi connectivity index (χ0n) is 22.0. The van der Waals surface area contributed by atoms with Gasteiger partial charge < -0.3 is 13.6 Å². The van der Waals surface area contributed by atoms with Crippen LogP contribution >= 0.6 is 31.9 Å².